The van der Waals surface area contributed by atoms with Crippen LogP contribution in [0.1, 0.15) is 30.0 Å². The van der Waals surface area contributed by atoms with Crippen LogP contribution in [0.25, 0.3) is 0 Å². The first kappa shape index (κ1) is 10.9. The summed E-state index contributed by atoms with van der Waals surface area (Å²) in [5, 5.41) is 0. The molecule has 0 amide bonds. The number of nitrogens with two attached hydrogens (primary N) is 1. The Morgan fingerprint density at radius 3 is 2.86 bits per heavy atom. The summed E-state index contributed by atoms with van der Waals surface area (Å²) < 4.78 is 13.4. The molecular formula is C12H16FN. The number of hydrogen-bond acceptors (Lipinski definition) is 1. The largest absolute Gasteiger partial charge is 0.324 e. The third-order valence-corrected chi connectivity index (χ3v) is 2.24. The molecule has 0 aromatic heterocycles. The maximum Gasteiger partial charge on any atom is 0.128 e. The van der Waals surface area contributed by atoms with Crippen LogP contribution < -0.4 is 5.73 Å². The Hall–Kier alpha value is -1.15. The lowest BCUT2D eigenvalue weighted by atomic mass is 10.0. The molecule has 0 saturated carbocycles. The zero-order chi connectivity index (χ0) is 10.6. The summed E-state index contributed by atoms with van der Waals surface area (Å²) >= 11 is 0. The van der Waals surface area contributed by atoms with Crippen LogP contribution in [0.15, 0.2) is 30.9 Å². The van der Waals surface area contributed by atoms with Crippen molar-refractivity contribution in [1.29, 1.82) is 0 Å². The zero-order valence-electron chi connectivity index (χ0n) is 8.46. The van der Waals surface area contributed by atoms with Gasteiger partial charge in [-0.2, -0.15) is 0 Å². The summed E-state index contributed by atoms with van der Waals surface area (Å²) in [6.45, 7) is 5.48. The van der Waals surface area contributed by atoms with Gasteiger partial charge in [-0.15, -0.1) is 6.58 Å². The summed E-state index contributed by atoms with van der Waals surface area (Å²) in [5.74, 6) is -0.207. The predicted octanol–water partition coefficient (Wildman–Crippen LogP) is 3.10. The molecule has 76 valence electrons. The smallest absolute Gasteiger partial charge is 0.128 e. The Balaban J connectivity index is 2.78. The van der Waals surface area contributed by atoms with Gasteiger partial charge >= 0.3 is 0 Å². The molecule has 1 atom stereocenters. The van der Waals surface area contributed by atoms with E-state index in [2.05, 4.69) is 6.58 Å². The normalized spacial score (nSPS) is 12.5. The lowest BCUT2D eigenvalue weighted by Gasteiger charge is -2.12. The van der Waals surface area contributed by atoms with Crippen LogP contribution in [0.5, 0.6) is 0 Å². The summed E-state index contributed by atoms with van der Waals surface area (Å²) in [6, 6.07) is 4.93. The van der Waals surface area contributed by atoms with Crippen molar-refractivity contribution in [3.05, 3.63) is 47.8 Å². The minimum absolute atomic E-state index is 0.207. The Labute approximate surface area is 84.4 Å². The Morgan fingerprint density at radius 2 is 2.29 bits per heavy atom. The van der Waals surface area contributed by atoms with Gasteiger partial charge in [0, 0.05) is 11.6 Å². The van der Waals surface area contributed by atoms with E-state index in [-0.39, 0.29) is 11.9 Å². The molecule has 1 aromatic carbocycles. The average Bonchev–Trinajstić information content (AvgIpc) is 2.14. The molecule has 2 N–H and O–H groups in total. The van der Waals surface area contributed by atoms with Gasteiger partial charge in [-0.1, -0.05) is 18.2 Å². The van der Waals surface area contributed by atoms with E-state index >= 15 is 0 Å². The first-order valence-electron chi connectivity index (χ1n) is 4.77. The fourth-order valence-electron chi connectivity index (χ4n) is 1.39. The van der Waals surface area contributed by atoms with E-state index in [4.69, 9.17) is 5.73 Å². The molecule has 0 aliphatic rings. The fourth-order valence-corrected chi connectivity index (χ4v) is 1.39. The van der Waals surface area contributed by atoms with E-state index in [1.807, 2.05) is 13.0 Å². The Kier molecular flexibility index (Phi) is 3.84. The predicted molar refractivity (Wildman–Crippen MR) is 57.5 cm³/mol. The number of benzene rings is 1. The van der Waals surface area contributed by atoms with E-state index in [1.54, 1.807) is 12.1 Å². The molecule has 0 aliphatic heterocycles. The third-order valence-electron chi connectivity index (χ3n) is 2.24. The molecule has 0 saturated heterocycles. The van der Waals surface area contributed by atoms with Gasteiger partial charge in [0.1, 0.15) is 5.82 Å². The summed E-state index contributed by atoms with van der Waals surface area (Å²) in [5.41, 5.74) is 7.36. The molecule has 0 heterocycles. The maximum atomic E-state index is 13.4. The van der Waals surface area contributed by atoms with Gasteiger partial charge in [0.2, 0.25) is 0 Å². The van der Waals surface area contributed by atoms with Gasteiger partial charge in [0.15, 0.2) is 0 Å². The lowest BCUT2D eigenvalue weighted by molar-refractivity contribution is 0.565. The van der Waals surface area contributed by atoms with E-state index in [1.165, 1.54) is 6.07 Å². The second-order valence-electron chi connectivity index (χ2n) is 3.50. The van der Waals surface area contributed by atoms with Crippen molar-refractivity contribution < 1.29 is 4.39 Å². The molecule has 0 fully saturated rings. The van der Waals surface area contributed by atoms with Crippen molar-refractivity contribution in [2.24, 2.45) is 5.73 Å². The van der Waals surface area contributed by atoms with Crippen molar-refractivity contribution in [1.82, 2.24) is 0 Å². The summed E-state index contributed by atoms with van der Waals surface area (Å²) in [4.78, 5) is 0. The van der Waals surface area contributed by atoms with Gasteiger partial charge in [0.05, 0.1) is 0 Å². The highest BCUT2D eigenvalue weighted by atomic mass is 19.1. The highest BCUT2D eigenvalue weighted by molar-refractivity contribution is 5.25. The molecule has 2 heteroatoms. The monoisotopic (exact) mass is 193 g/mol. The SMILES string of the molecule is C=CCCC(N)c1ccc(C)cc1F. The van der Waals surface area contributed by atoms with Crippen LogP contribution in [0, 0.1) is 12.7 Å². The molecule has 0 aliphatic carbocycles. The summed E-state index contributed by atoms with van der Waals surface area (Å²) in [7, 11) is 0. The van der Waals surface area contributed by atoms with Gasteiger partial charge in [-0.3, -0.25) is 0 Å². The number of rotatable bonds is 4. The first-order valence-corrected chi connectivity index (χ1v) is 4.77. The highest BCUT2D eigenvalue weighted by Crippen LogP contribution is 2.20. The van der Waals surface area contributed by atoms with E-state index in [0.717, 1.165) is 18.4 Å². The van der Waals surface area contributed by atoms with Gasteiger partial charge in [-0.25, -0.2) is 4.39 Å². The molecule has 0 spiro atoms. The Morgan fingerprint density at radius 1 is 1.57 bits per heavy atom. The number of halogens is 1. The van der Waals surface area contributed by atoms with E-state index < -0.39 is 0 Å². The van der Waals surface area contributed by atoms with Gasteiger partial charge < -0.3 is 5.73 Å². The number of hydrogen-bond donors (Lipinski definition) is 1. The minimum Gasteiger partial charge on any atom is -0.324 e. The molecule has 0 radical (unpaired) electrons. The van der Waals surface area contributed by atoms with Crippen molar-refractivity contribution >= 4 is 0 Å². The fraction of sp³-hybridized carbons (Fsp3) is 0.333. The quantitative estimate of drug-likeness (QED) is 0.730. The minimum atomic E-state index is -0.228. The van der Waals surface area contributed by atoms with Crippen LogP contribution in [-0.4, -0.2) is 0 Å². The van der Waals surface area contributed by atoms with Crippen LogP contribution >= 0.6 is 0 Å². The van der Waals surface area contributed by atoms with E-state index in [0.29, 0.717) is 5.56 Å². The Bertz CT molecular complexity index is 320. The first-order chi connectivity index (χ1) is 6.65. The topological polar surface area (TPSA) is 26.0 Å². The summed E-state index contributed by atoms with van der Waals surface area (Å²) in [6.07, 6.45) is 3.35. The molecular weight excluding hydrogens is 177 g/mol. The van der Waals surface area contributed by atoms with E-state index in [9.17, 15) is 4.39 Å². The lowest BCUT2D eigenvalue weighted by Crippen LogP contribution is -2.11. The van der Waals surface area contributed by atoms with Crippen LogP contribution in [0.3, 0.4) is 0 Å². The average molecular weight is 193 g/mol. The zero-order valence-corrected chi connectivity index (χ0v) is 8.46. The van der Waals surface area contributed by atoms with Crippen molar-refractivity contribution in [2.75, 3.05) is 0 Å². The molecule has 0 bridgehead atoms. The standard InChI is InChI=1S/C12H16FN/c1-3-4-5-12(14)10-7-6-9(2)8-11(10)13/h3,6-8,12H,1,4-5,14H2,2H3. The van der Waals surface area contributed by atoms with Crippen molar-refractivity contribution in [3.8, 4) is 0 Å². The second kappa shape index (κ2) is 4.91. The van der Waals surface area contributed by atoms with Gasteiger partial charge in [0.25, 0.3) is 0 Å². The van der Waals surface area contributed by atoms with Crippen LogP contribution in [-0.2, 0) is 0 Å². The number of aryl methyl sites for hydroxylation is 1. The third kappa shape index (κ3) is 2.67. The molecule has 1 unspecified atom stereocenters. The highest BCUT2D eigenvalue weighted by Gasteiger charge is 2.09. The van der Waals surface area contributed by atoms with Crippen LogP contribution in [0.4, 0.5) is 4.39 Å². The van der Waals surface area contributed by atoms with Gasteiger partial charge in [-0.05, 0) is 31.4 Å². The van der Waals surface area contributed by atoms with Crippen LogP contribution in [0.2, 0.25) is 0 Å². The second-order valence-corrected chi connectivity index (χ2v) is 3.50. The number of allylic oxidation sites excluding steroid dienone is 1. The molecule has 1 rings (SSSR count). The van der Waals surface area contributed by atoms with Crippen molar-refractivity contribution in [3.63, 3.8) is 0 Å². The molecule has 1 aromatic rings. The maximum absolute atomic E-state index is 13.4. The van der Waals surface area contributed by atoms with Crippen molar-refractivity contribution in [2.45, 2.75) is 25.8 Å². The molecule has 1 nitrogen and oxygen atoms in total. The molecule has 14 heavy (non-hydrogen) atoms.